The number of anilines is 1. The van der Waals surface area contributed by atoms with E-state index in [9.17, 15) is 4.79 Å². The summed E-state index contributed by atoms with van der Waals surface area (Å²) in [4.78, 5) is 11.9. The third-order valence-corrected chi connectivity index (χ3v) is 2.31. The number of benzene rings is 1. The van der Waals surface area contributed by atoms with Crippen LogP contribution in [0.4, 0.5) is 5.69 Å². The van der Waals surface area contributed by atoms with Crippen molar-refractivity contribution in [3.8, 4) is 11.5 Å². The lowest BCUT2D eigenvalue weighted by Gasteiger charge is -2.22. The van der Waals surface area contributed by atoms with Crippen LogP contribution < -0.4 is 15.2 Å². The average Bonchev–Trinajstić information content (AvgIpc) is 2.26. The standard InChI is InChI=1S/C13H17NO4/c1-13(2,3)18-12(15)8-6-9(14)11-10(7-8)16-4-5-17-11/h6-7H,4-5,14H2,1-3H3. The Balaban J connectivity index is 2.30. The summed E-state index contributed by atoms with van der Waals surface area (Å²) in [5, 5.41) is 0. The molecule has 0 saturated heterocycles. The number of esters is 1. The highest BCUT2D eigenvalue weighted by Crippen LogP contribution is 2.37. The molecule has 0 bridgehead atoms. The summed E-state index contributed by atoms with van der Waals surface area (Å²) in [5.41, 5.74) is 6.04. The molecule has 1 aliphatic heterocycles. The fourth-order valence-corrected chi connectivity index (χ4v) is 1.64. The first-order chi connectivity index (χ1) is 8.37. The summed E-state index contributed by atoms with van der Waals surface area (Å²) in [6.45, 7) is 6.35. The average molecular weight is 251 g/mol. The predicted molar refractivity (Wildman–Crippen MR) is 67.0 cm³/mol. The van der Waals surface area contributed by atoms with Gasteiger partial charge in [-0.15, -0.1) is 0 Å². The molecule has 98 valence electrons. The summed E-state index contributed by atoms with van der Waals surface area (Å²) in [6, 6.07) is 3.14. The smallest absolute Gasteiger partial charge is 0.338 e. The van der Waals surface area contributed by atoms with Crippen molar-refractivity contribution >= 4 is 11.7 Å². The summed E-state index contributed by atoms with van der Waals surface area (Å²) in [7, 11) is 0. The molecule has 5 heteroatoms. The molecule has 2 N–H and O–H groups in total. The van der Waals surface area contributed by atoms with Gasteiger partial charge in [-0.05, 0) is 32.9 Å². The Morgan fingerprint density at radius 1 is 1.28 bits per heavy atom. The van der Waals surface area contributed by atoms with Crippen LogP contribution >= 0.6 is 0 Å². The second kappa shape index (κ2) is 4.40. The maximum absolute atomic E-state index is 11.9. The van der Waals surface area contributed by atoms with Crippen molar-refractivity contribution in [3.63, 3.8) is 0 Å². The maximum Gasteiger partial charge on any atom is 0.338 e. The van der Waals surface area contributed by atoms with Gasteiger partial charge < -0.3 is 19.9 Å². The van der Waals surface area contributed by atoms with Crippen LogP contribution in [0.1, 0.15) is 31.1 Å². The van der Waals surface area contributed by atoms with E-state index in [1.165, 1.54) is 0 Å². The van der Waals surface area contributed by atoms with Gasteiger partial charge in [-0.25, -0.2) is 4.79 Å². The van der Waals surface area contributed by atoms with E-state index in [4.69, 9.17) is 19.9 Å². The van der Waals surface area contributed by atoms with Crippen molar-refractivity contribution in [3.05, 3.63) is 17.7 Å². The Kier molecular flexibility index (Phi) is 3.07. The first-order valence-corrected chi connectivity index (χ1v) is 5.79. The van der Waals surface area contributed by atoms with E-state index in [0.717, 1.165) is 0 Å². The number of rotatable bonds is 1. The van der Waals surface area contributed by atoms with Crippen molar-refractivity contribution < 1.29 is 19.0 Å². The lowest BCUT2D eigenvalue weighted by molar-refractivity contribution is 0.00689. The Morgan fingerprint density at radius 3 is 2.61 bits per heavy atom. The Labute approximate surface area is 106 Å². The van der Waals surface area contributed by atoms with Crippen molar-refractivity contribution in [2.75, 3.05) is 18.9 Å². The predicted octanol–water partition coefficient (Wildman–Crippen LogP) is 2.00. The number of nitrogen functional groups attached to an aromatic ring is 1. The van der Waals surface area contributed by atoms with E-state index < -0.39 is 11.6 Å². The van der Waals surface area contributed by atoms with Crippen molar-refractivity contribution in [1.82, 2.24) is 0 Å². The van der Waals surface area contributed by atoms with Crippen LogP contribution in [0.3, 0.4) is 0 Å². The van der Waals surface area contributed by atoms with E-state index in [-0.39, 0.29) is 0 Å². The highest BCUT2D eigenvalue weighted by Gasteiger charge is 2.22. The van der Waals surface area contributed by atoms with Gasteiger partial charge in [0.25, 0.3) is 0 Å². The van der Waals surface area contributed by atoms with E-state index in [1.807, 2.05) is 20.8 Å². The number of hydrogen-bond acceptors (Lipinski definition) is 5. The molecule has 0 aromatic heterocycles. The summed E-state index contributed by atoms with van der Waals surface area (Å²) in [6.07, 6.45) is 0. The fraction of sp³-hybridized carbons (Fsp3) is 0.462. The number of carbonyl (C=O) groups is 1. The number of carbonyl (C=O) groups excluding carboxylic acids is 1. The van der Waals surface area contributed by atoms with E-state index in [2.05, 4.69) is 0 Å². The molecule has 1 heterocycles. The molecule has 1 aliphatic rings. The van der Waals surface area contributed by atoms with Crippen molar-refractivity contribution in [1.29, 1.82) is 0 Å². The van der Waals surface area contributed by atoms with Gasteiger partial charge in [0.05, 0.1) is 11.3 Å². The molecule has 2 rings (SSSR count). The molecule has 0 atom stereocenters. The van der Waals surface area contributed by atoms with Gasteiger partial charge in [0, 0.05) is 0 Å². The van der Waals surface area contributed by atoms with Gasteiger partial charge in [0.2, 0.25) is 0 Å². The first kappa shape index (κ1) is 12.5. The molecule has 0 amide bonds. The Bertz CT molecular complexity index is 477. The van der Waals surface area contributed by atoms with Crippen LogP contribution in [-0.2, 0) is 4.74 Å². The zero-order valence-corrected chi connectivity index (χ0v) is 10.8. The lowest BCUT2D eigenvalue weighted by Crippen LogP contribution is -2.24. The molecule has 18 heavy (non-hydrogen) atoms. The van der Waals surface area contributed by atoms with E-state index in [1.54, 1.807) is 12.1 Å². The largest absolute Gasteiger partial charge is 0.486 e. The van der Waals surface area contributed by atoms with Gasteiger partial charge in [-0.3, -0.25) is 0 Å². The number of fused-ring (bicyclic) bond motifs is 1. The molecule has 1 aromatic rings. The van der Waals surface area contributed by atoms with Crippen molar-refractivity contribution in [2.45, 2.75) is 26.4 Å². The van der Waals surface area contributed by atoms with Crippen LogP contribution in [0.25, 0.3) is 0 Å². The molecule has 0 unspecified atom stereocenters. The van der Waals surface area contributed by atoms with E-state index >= 15 is 0 Å². The van der Waals surface area contributed by atoms with Gasteiger partial charge >= 0.3 is 5.97 Å². The minimum absolute atomic E-state index is 0.367. The van der Waals surface area contributed by atoms with Gasteiger partial charge in [0.15, 0.2) is 11.5 Å². The maximum atomic E-state index is 11.9. The van der Waals surface area contributed by atoms with Crippen LogP contribution in [0.5, 0.6) is 11.5 Å². The monoisotopic (exact) mass is 251 g/mol. The minimum atomic E-state index is -0.543. The lowest BCUT2D eigenvalue weighted by atomic mass is 10.1. The zero-order valence-electron chi connectivity index (χ0n) is 10.8. The first-order valence-electron chi connectivity index (χ1n) is 5.79. The summed E-state index contributed by atoms with van der Waals surface area (Å²) in [5.74, 6) is 0.557. The summed E-state index contributed by atoms with van der Waals surface area (Å²) < 4.78 is 16.1. The molecule has 1 aromatic carbocycles. The Morgan fingerprint density at radius 2 is 1.94 bits per heavy atom. The summed E-state index contributed by atoms with van der Waals surface area (Å²) >= 11 is 0. The molecule has 5 nitrogen and oxygen atoms in total. The van der Waals surface area contributed by atoms with Crippen LogP contribution in [0.2, 0.25) is 0 Å². The third-order valence-electron chi connectivity index (χ3n) is 2.31. The number of nitrogens with two attached hydrogens (primary N) is 1. The van der Waals surface area contributed by atoms with Crippen molar-refractivity contribution in [2.24, 2.45) is 0 Å². The molecule has 0 spiro atoms. The molecular formula is C13H17NO4. The van der Waals surface area contributed by atoms with Crippen LogP contribution in [0, 0.1) is 0 Å². The topological polar surface area (TPSA) is 70.8 Å². The fourth-order valence-electron chi connectivity index (χ4n) is 1.64. The number of ether oxygens (including phenoxy) is 3. The second-order valence-electron chi connectivity index (χ2n) is 5.09. The quantitative estimate of drug-likeness (QED) is 0.610. The van der Waals surface area contributed by atoms with Gasteiger partial charge in [0.1, 0.15) is 18.8 Å². The van der Waals surface area contributed by atoms with Crippen LogP contribution in [-0.4, -0.2) is 24.8 Å². The highest BCUT2D eigenvalue weighted by molar-refractivity contribution is 5.92. The van der Waals surface area contributed by atoms with Gasteiger partial charge in [-0.2, -0.15) is 0 Å². The zero-order chi connectivity index (χ0) is 13.3. The Hall–Kier alpha value is -1.91. The SMILES string of the molecule is CC(C)(C)OC(=O)c1cc(N)c2c(c1)OCCO2. The van der Waals surface area contributed by atoms with Gasteiger partial charge in [-0.1, -0.05) is 0 Å². The number of hydrogen-bond donors (Lipinski definition) is 1. The highest BCUT2D eigenvalue weighted by atomic mass is 16.6. The second-order valence-corrected chi connectivity index (χ2v) is 5.09. The minimum Gasteiger partial charge on any atom is -0.486 e. The molecule has 0 aliphatic carbocycles. The molecular weight excluding hydrogens is 234 g/mol. The molecule has 0 saturated carbocycles. The molecule has 0 fully saturated rings. The molecule has 0 radical (unpaired) electrons. The normalized spacial score (nSPS) is 14.2. The third kappa shape index (κ3) is 2.67. The van der Waals surface area contributed by atoms with E-state index in [0.29, 0.717) is 36.0 Å². The van der Waals surface area contributed by atoms with Crippen LogP contribution in [0.15, 0.2) is 12.1 Å².